The molecule has 3 heteroatoms. The molecule has 17 heavy (non-hydrogen) atoms. The molecular weight excluding hydrogens is 210 g/mol. The van der Waals surface area contributed by atoms with Gasteiger partial charge in [-0.2, -0.15) is 0 Å². The summed E-state index contributed by atoms with van der Waals surface area (Å²) < 4.78 is 2.07. The molecule has 0 unspecified atom stereocenters. The molecule has 0 saturated heterocycles. The Morgan fingerprint density at radius 1 is 1.18 bits per heavy atom. The zero-order valence-corrected chi connectivity index (χ0v) is 10.9. The molecule has 0 fully saturated rings. The standard InChI is InChI=1S/C14H19N3/c1-9-5-6-12(11(3)10(9)2)13-8-16-14(7-15)17(13)4/h5-6,8H,7,15H2,1-4H3. The highest BCUT2D eigenvalue weighted by atomic mass is 15.1. The molecule has 1 aromatic carbocycles. The van der Waals surface area contributed by atoms with Crippen molar-refractivity contribution in [2.75, 3.05) is 0 Å². The van der Waals surface area contributed by atoms with Crippen molar-refractivity contribution >= 4 is 0 Å². The van der Waals surface area contributed by atoms with Gasteiger partial charge in [0, 0.05) is 12.6 Å². The van der Waals surface area contributed by atoms with Crippen LogP contribution in [0.2, 0.25) is 0 Å². The van der Waals surface area contributed by atoms with Crippen LogP contribution in [0.1, 0.15) is 22.5 Å². The monoisotopic (exact) mass is 229 g/mol. The van der Waals surface area contributed by atoms with Gasteiger partial charge in [0.25, 0.3) is 0 Å². The molecule has 0 bridgehead atoms. The Hall–Kier alpha value is -1.61. The number of nitrogens with two attached hydrogens (primary N) is 1. The maximum atomic E-state index is 5.65. The molecule has 0 saturated carbocycles. The first-order chi connectivity index (χ1) is 8.06. The third kappa shape index (κ3) is 1.87. The summed E-state index contributed by atoms with van der Waals surface area (Å²) in [5.74, 6) is 0.914. The van der Waals surface area contributed by atoms with Gasteiger partial charge in [-0.25, -0.2) is 4.98 Å². The predicted octanol–water partition coefficient (Wildman–Crippen LogP) is 2.47. The molecule has 2 aromatic rings. The fourth-order valence-electron chi connectivity index (χ4n) is 2.12. The van der Waals surface area contributed by atoms with Crippen LogP contribution in [0.5, 0.6) is 0 Å². The Morgan fingerprint density at radius 3 is 2.47 bits per heavy atom. The molecule has 0 aliphatic heterocycles. The van der Waals surface area contributed by atoms with E-state index in [2.05, 4.69) is 42.5 Å². The third-order valence-corrected chi connectivity index (χ3v) is 3.60. The molecule has 0 spiro atoms. The summed E-state index contributed by atoms with van der Waals surface area (Å²) in [4.78, 5) is 4.34. The van der Waals surface area contributed by atoms with Crippen LogP contribution in [-0.2, 0) is 13.6 Å². The van der Waals surface area contributed by atoms with Crippen LogP contribution < -0.4 is 5.73 Å². The highest BCUT2D eigenvalue weighted by Gasteiger charge is 2.11. The minimum Gasteiger partial charge on any atom is -0.330 e. The number of hydrogen-bond donors (Lipinski definition) is 1. The van der Waals surface area contributed by atoms with Crippen molar-refractivity contribution in [3.63, 3.8) is 0 Å². The average molecular weight is 229 g/mol. The summed E-state index contributed by atoms with van der Waals surface area (Å²) in [6, 6.07) is 4.32. The maximum Gasteiger partial charge on any atom is 0.122 e. The summed E-state index contributed by atoms with van der Waals surface area (Å²) >= 11 is 0. The fraction of sp³-hybridized carbons (Fsp3) is 0.357. The van der Waals surface area contributed by atoms with Crippen molar-refractivity contribution < 1.29 is 0 Å². The van der Waals surface area contributed by atoms with Gasteiger partial charge in [0.05, 0.1) is 18.4 Å². The van der Waals surface area contributed by atoms with Crippen LogP contribution >= 0.6 is 0 Å². The lowest BCUT2D eigenvalue weighted by Gasteiger charge is -2.12. The lowest BCUT2D eigenvalue weighted by Crippen LogP contribution is -2.06. The Labute approximate surface area is 102 Å². The highest BCUT2D eigenvalue weighted by Crippen LogP contribution is 2.27. The third-order valence-electron chi connectivity index (χ3n) is 3.60. The summed E-state index contributed by atoms with van der Waals surface area (Å²) in [5, 5.41) is 0. The second kappa shape index (κ2) is 4.34. The van der Waals surface area contributed by atoms with Crippen LogP contribution in [0.25, 0.3) is 11.3 Å². The first kappa shape index (κ1) is 11.9. The van der Waals surface area contributed by atoms with E-state index in [-0.39, 0.29) is 0 Å². The number of aromatic nitrogens is 2. The second-order valence-corrected chi connectivity index (χ2v) is 4.50. The Kier molecular flexibility index (Phi) is 3.03. The number of hydrogen-bond acceptors (Lipinski definition) is 2. The summed E-state index contributed by atoms with van der Waals surface area (Å²) in [6.07, 6.45) is 1.90. The minimum absolute atomic E-state index is 0.473. The molecule has 0 amide bonds. The molecule has 0 aliphatic carbocycles. The Morgan fingerprint density at radius 2 is 1.88 bits per heavy atom. The smallest absolute Gasteiger partial charge is 0.122 e. The van der Waals surface area contributed by atoms with Crippen molar-refractivity contribution in [3.8, 4) is 11.3 Å². The van der Waals surface area contributed by atoms with E-state index in [1.165, 1.54) is 22.3 Å². The highest BCUT2D eigenvalue weighted by molar-refractivity contribution is 5.66. The van der Waals surface area contributed by atoms with Gasteiger partial charge in [0.2, 0.25) is 0 Å². The van der Waals surface area contributed by atoms with Crippen molar-refractivity contribution in [2.45, 2.75) is 27.3 Å². The number of aryl methyl sites for hydroxylation is 1. The van der Waals surface area contributed by atoms with E-state index in [9.17, 15) is 0 Å². The quantitative estimate of drug-likeness (QED) is 0.859. The van der Waals surface area contributed by atoms with Crippen LogP contribution in [0.3, 0.4) is 0 Å². The SMILES string of the molecule is Cc1ccc(-c2cnc(CN)n2C)c(C)c1C. The van der Waals surface area contributed by atoms with Crippen LogP contribution in [0.4, 0.5) is 0 Å². The molecule has 1 aromatic heterocycles. The normalized spacial score (nSPS) is 10.9. The second-order valence-electron chi connectivity index (χ2n) is 4.50. The lowest BCUT2D eigenvalue weighted by molar-refractivity contribution is 0.798. The fourth-order valence-corrected chi connectivity index (χ4v) is 2.12. The largest absolute Gasteiger partial charge is 0.330 e. The first-order valence-electron chi connectivity index (χ1n) is 5.84. The van der Waals surface area contributed by atoms with Gasteiger partial charge >= 0.3 is 0 Å². The van der Waals surface area contributed by atoms with Gasteiger partial charge in [0.15, 0.2) is 0 Å². The van der Waals surface area contributed by atoms with Crippen LogP contribution in [0.15, 0.2) is 18.3 Å². The van der Waals surface area contributed by atoms with Gasteiger partial charge in [0.1, 0.15) is 5.82 Å². The van der Waals surface area contributed by atoms with E-state index in [1.807, 2.05) is 13.2 Å². The van der Waals surface area contributed by atoms with Gasteiger partial charge in [-0.1, -0.05) is 12.1 Å². The van der Waals surface area contributed by atoms with Gasteiger partial charge in [-0.3, -0.25) is 0 Å². The van der Waals surface area contributed by atoms with Crippen LogP contribution in [0, 0.1) is 20.8 Å². The first-order valence-corrected chi connectivity index (χ1v) is 5.84. The number of nitrogens with zero attached hydrogens (tertiary/aromatic N) is 2. The zero-order chi connectivity index (χ0) is 12.6. The molecule has 0 atom stereocenters. The molecule has 2 N–H and O–H groups in total. The Bertz CT molecular complexity index is 553. The maximum absolute atomic E-state index is 5.65. The number of imidazole rings is 1. The molecule has 0 radical (unpaired) electrons. The van der Waals surface area contributed by atoms with E-state index >= 15 is 0 Å². The van der Waals surface area contributed by atoms with Gasteiger partial charge in [-0.05, 0) is 37.5 Å². The minimum atomic E-state index is 0.473. The Balaban J connectivity index is 2.61. The van der Waals surface area contributed by atoms with Crippen LogP contribution in [-0.4, -0.2) is 9.55 Å². The summed E-state index contributed by atoms with van der Waals surface area (Å²) in [6.45, 7) is 6.93. The number of benzene rings is 1. The van der Waals surface area contributed by atoms with Gasteiger partial charge in [-0.15, -0.1) is 0 Å². The molecule has 0 aliphatic rings. The van der Waals surface area contributed by atoms with E-state index in [0.717, 1.165) is 11.5 Å². The predicted molar refractivity (Wildman–Crippen MR) is 70.7 cm³/mol. The molecule has 3 nitrogen and oxygen atoms in total. The molecule has 1 heterocycles. The molecular formula is C14H19N3. The summed E-state index contributed by atoms with van der Waals surface area (Å²) in [5.41, 5.74) is 12.0. The lowest BCUT2D eigenvalue weighted by atomic mass is 9.97. The average Bonchev–Trinajstić information content (AvgIpc) is 2.68. The van der Waals surface area contributed by atoms with Gasteiger partial charge < -0.3 is 10.3 Å². The van der Waals surface area contributed by atoms with Crippen molar-refractivity contribution in [1.82, 2.24) is 9.55 Å². The topological polar surface area (TPSA) is 43.8 Å². The summed E-state index contributed by atoms with van der Waals surface area (Å²) in [7, 11) is 2.01. The zero-order valence-electron chi connectivity index (χ0n) is 10.9. The van der Waals surface area contributed by atoms with E-state index < -0.39 is 0 Å². The van der Waals surface area contributed by atoms with Crippen molar-refractivity contribution in [3.05, 3.63) is 40.8 Å². The molecule has 2 rings (SSSR count). The van der Waals surface area contributed by atoms with E-state index in [1.54, 1.807) is 0 Å². The van der Waals surface area contributed by atoms with Crippen molar-refractivity contribution in [2.24, 2.45) is 12.8 Å². The molecule has 90 valence electrons. The van der Waals surface area contributed by atoms with Crippen molar-refractivity contribution in [1.29, 1.82) is 0 Å². The van der Waals surface area contributed by atoms with E-state index in [4.69, 9.17) is 5.73 Å². The number of rotatable bonds is 2. The van der Waals surface area contributed by atoms with E-state index in [0.29, 0.717) is 6.54 Å².